The maximum absolute atomic E-state index is 13.2. The van der Waals surface area contributed by atoms with E-state index < -0.39 is 11.8 Å². The molecule has 18 heavy (non-hydrogen) atoms. The van der Waals surface area contributed by atoms with Gasteiger partial charge in [0.05, 0.1) is 0 Å². The minimum atomic E-state index is -2.70. The number of hydrogen-bond donors (Lipinski definition) is 1. The highest BCUT2D eigenvalue weighted by atomic mass is 79.9. The number of nitrogens with one attached hydrogen (secondary N) is 1. The first kappa shape index (κ1) is 13.5. The third kappa shape index (κ3) is 3.51. The van der Waals surface area contributed by atoms with Gasteiger partial charge < -0.3 is 5.32 Å². The smallest absolute Gasteiger partial charge is 0.248 e. The van der Waals surface area contributed by atoms with Crippen LogP contribution in [0.15, 0.2) is 28.7 Å². The minimum absolute atomic E-state index is 0.104. The van der Waals surface area contributed by atoms with E-state index in [1.165, 1.54) is 0 Å². The first-order valence-corrected chi connectivity index (χ1v) is 6.70. The van der Waals surface area contributed by atoms with Gasteiger partial charge in [0.1, 0.15) is 0 Å². The van der Waals surface area contributed by atoms with Crippen molar-refractivity contribution in [3.63, 3.8) is 0 Å². The number of anilines is 1. The number of carbonyl (C=O) groups excluding carboxylic acids is 1. The third-order valence-electron chi connectivity index (χ3n) is 3.10. The molecule has 1 aromatic carbocycles. The summed E-state index contributed by atoms with van der Waals surface area (Å²) in [4.78, 5) is 11.9. The van der Waals surface area contributed by atoms with Crippen LogP contribution in [0.5, 0.6) is 0 Å². The van der Waals surface area contributed by atoms with E-state index in [-0.39, 0.29) is 18.7 Å². The van der Waals surface area contributed by atoms with Gasteiger partial charge in [0.25, 0.3) is 0 Å². The number of rotatable bonds is 2. The molecule has 2 nitrogen and oxygen atoms in total. The Bertz CT molecular complexity index is 450. The lowest BCUT2D eigenvalue weighted by molar-refractivity contribution is -0.127. The minimum Gasteiger partial charge on any atom is -0.326 e. The molecule has 0 bridgehead atoms. The normalized spacial score (nSPS) is 22.5. The first-order chi connectivity index (χ1) is 8.46. The van der Waals surface area contributed by atoms with Gasteiger partial charge in [0.2, 0.25) is 11.8 Å². The van der Waals surface area contributed by atoms with Crippen LogP contribution in [0.1, 0.15) is 25.7 Å². The molecule has 0 aromatic heterocycles. The van der Waals surface area contributed by atoms with Crippen molar-refractivity contribution in [1.82, 2.24) is 0 Å². The average molecular weight is 318 g/mol. The zero-order valence-electron chi connectivity index (χ0n) is 9.76. The standard InChI is InChI=1S/C13H14BrF2NO/c14-10-4-1-5-11(7-10)17-12(18)9-3-2-6-13(15,16)8-9/h1,4-5,7,9H,2-3,6,8H2,(H,17,18). The predicted octanol–water partition coefficient (Wildman–Crippen LogP) is 4.21. The summed E-state index contributed by atoms with van der Waals surface area (Å²) in [6.07, 6.45) is 0.500. The largest absolute Gasteiger partial charge is 0.326 e. The predicted molar refractivity (Wildman–Crippen MR) is 69.7 cm³/mol. The quantitative estimate of drug-likeness (QED) is 0.869. The van der Waals surface area contributed by atoms with Crippen LogP contribution in [0.4, 0.5) is 14.5 Å². The fraction of sp³-hybridized carbons (Fsp3) is 0.462. The second kappa shape index (κ2) is 5.34. The maximum atomic E-state index is 13.2. The summed E-state index contributed by atoms with van der Waals surface area (Å²) in [6.45, 7) is 0. The third-order valence-corrected chi connectivity index (χ3v) is 3.60. The lowest BCUT2D eigenvalue weighted by Crippen LogP contribution is -2.33. The second-order valence-electron chi connectivity index (χ2n) is 4.65. The van der Waals surface area contributed by atoms with Gasteiger partial charge in [-0.1, -0.05) is 22.0 Å². The Balaban J connectivity index is 2.00. The molecule has 1 fully saturated rings. The molecule has 0 aliphatic heterocycles. The summed E-state index contributed by atoms with van der Waals surface area (Å²) in [7, 11) is 0. The number of carbonyl (C=O) groups is 1. The highest BCUT2D eigenvalue weighted by molar-refractivity contribution is 9.10. The van der Waals surface area contributed by atoms with Gasteiger partial charge in [-0.2, -0.15) is 0 Å². The lowest BCUT2D eigenvalue weighted by Gasteiger charge is -2.27. The second-order valence-corrected chi connectivity index (χ2v) is 5.56. The van der Waals surface area contributed by atoms with Crippen molar-refractivity contribution in [3.8, 4) is 0 Å². The molecular weight excluding hydrogens is 304 g/mol. The topological polar surface area (TPSA) is 29.1 Å². The Labute approximate surface area is 113 Å². The first-order valence-electron chi connectivity index (χ1n) is 5.90. The summed E-state index contributed by atoms with van der Waals surface area (Å²) in [5.41, 5.74) is 0.628. The molecule has 0 saturated heterocycles. The molecule has 1 aliphatic carbocycles. The zero-order valence-corrected chi connectivity index (χ0v) is 11.3. The Kier molecular flexibility index (Phi) is 4.00. The number of hydrogen-bond acceptors (Lipinski definition) is 1. The van der Waals surface area contributed by atoms with E-state index >= 15 is 0 Å². The highest BCUT2D eigenvalue weighted by Gasteiger charge is 2.39. The summed E-state index contributed by atoms with van der Waals surface area (Å²) in [5.74, 6) is -3.60. The summed E-state index contributed by atoms with van der Waals surface area (Å²) in [5, 5.41) is 2.69. The summed E-state index contributed by atoms with van der Waals surface area (Å²) < 4.78 is 27.3. The molecule has 1 amide bonds. The Morgan fingerprint density at radius 1 is 1.44 bits per heavy atom. The zero-order chi connectivity index (χ0) is 13.2. The monoisotopic (exact) mass is 317 g/mol. The van der Waals surface area contributed by atoms with Crippen LogP contribution in [-0.4, -0.2) is 11.8 Å². The van der Waals surface area contributed by atoms with E-state index in [0.717, 1.165) is 4.47 Å². The fourth-order valence-electron chi connectivity index (χ4n) is 2.21. The SMILES string of the molecule is O=C(Nc1cccc(Br)c1)C1CCCC(F)(F)C1. The van der Waals surface area contributed by atoms with E-state index in [0.29, 0.717) is 18.5 Å². The number of benzene rings is 1. The van der Waals surface area contributed by atoms with Gasteiger partial charge in [0.15, 0.2) is 0 Å². The van der Waals surface area contributed by atoms with Gasteiger partial charge in [-0.25, -0.2) is 8.78 Å². The molecule has 1 aliphatic rings. The number of alkyl halides is 2. The molecular formula is C13H14BrF2NO. The highest BCUT2D eigenvalue weighted by Crippen LogP contribution is 2.37. The van der Waals surface area contributed by atoms with Crippen LogP contribution in [0, 0.1) is 5.92 Å². The summed E-state index contributed by atoms with van der Waals surface area (Å²) >= 11 is 3.29. The van der Waals surface area contributed by atoms with Crippen molar-refractivity contribution in [2.45, 2.75) is 31.6 Å². The van der Waals surface area contributed by atoms with Gasteiger partial charge >= 0.3 is 0 Å². The fourth-order valence-corrected chi connectivity index (χ4v) is 2.61. The van der Waals surface area contributed by atoms with Gasteiger partial charge in [-0.3, -0.25) is 4.79 Å². The van der Waals surface area contributed by atoms with E-state index in [1.807, 2.05) is 6.07 Å². The van der Waals surface area contributed by atoms with Crippen LogP contribution in [0.2, 0.25) is 0 Å². The van der Waals surface area contributed by atoms with E-state index in [4.69, 9.17) is 0 Å². The molecule has 1 aromatic rings. The van der Waals surface area contributed by atoms with Crippen LogP contribution in [-0.2, 0) is 4.79 Å². The van der Waals surface area contributed by atoms with Gasteiger partial charge in [-0.05, 0) is 31.0 Å². The molecule has 2 rings (SSSR count). The van der Waals surface area contributed by atoms with E-state index in [2.05, 4.69) is 21.2 Å². The average Bonchev–Trinajstić information content (AvgIpc) is 2.27. The van der Waals surface area contributed by atoms with E-state index in [9.17, 15) is 13.6 Å². The van der Waals surface area contributed by atoms with Crippen LogP contribution < -0.4 is 5.32 Å². The summed E-state index contributed by atoms with van der Waals surface area (Å²) in [6, 6.07) is 7.11. The van der Waals surface area contributed by atoms with Crippen molar-refractivity contribution in [2.75, 3.05) is 5.32 Å². The van der Waals surface area contributed by atoms with Crippen molar-refractivity contribution in [3.05, 3.63) is 28.7 Å². The Morgan fingerprint density at radius 2 is 2.22 bits per heavy atom. The molecule has 0 radical (unpaired) electrons. The number of amides is 1. The number of halogens is 3. The van der Waals surface area contributed by atoms with Gasteiger partial charge in [-0.15, -0.1) is 0 Å². The van der Waals surface area contributed by atoms with Crippen molar-refractivity contribution in [2.24, 2.45) is 5.92 Å². The molecule has 5 heteroatoms. The molecule has 1 N–H and O–H groups in total. The maximum Gasteiger partial charge on any atom is 0.248 e. The molecule has 98 valence electrons. The Hall–Kier alpha value is -0.970. The van der Waals surface area contributed by atoms with Crippen LogP contribution in [0.3, 0.4) is 0 Å². The Morgan fingerprint density at radius 3 is 2.89 bits per heavy atom. The van der Waals surface area contributed by atoms with Crippen molar-refractivity contribution < 1.29 is 13.6 Å². The van der Waals surface area contributed by atoms with Crippen LogP contribution >= 0.6 is 15.9 Å². The molecule has 0 spiro atoms. The lowest BCUT2D eigenvalue weighted by atomic mass is 9.86. The molecule has 1 saturated carbocycles. The van der Waals surface area contributed by atoms with Crippen LogP contribution in [0.25, 0.3) is 0 Å². The van der Waals surface area contributed by atoms with Crippen molar-refractivity contribution in [1.29, 1.82) is 0 Å². The molecule has 0 heterocycles. The van der Waals surface area contributed by atoms with Crippen molar-refractivity contribution >= 4 is 27.5 Å². The molecule has 1 atom stereocenters. The van der Waals surface area contributed by atoms with E-state index in [1.54, 1.807) is 18.2 Å². The molecule has 1 unspecified atom stereocenters. The van der Waals surface area contributed by atoms with Gasteiger partial charge in [0, 0.05) is 28.9 Å².